The number of nitrogens with one attached hydrogen (secondary N) is 2. The number of aliphatic hydroxyl groups excluding tert-OH is 2. The standard InChI is InChI=1S/C31H48N7O17P3S/c1-17(2)18-5-7-19(8-6-18)30(43)59-12-11-33-21(39)9-10-34-28(42)25(41)31(3,4)14-52-58(49,50)55-57(47,48)51-13-20-24(54-56(44,45)46)23(40)29(53-20)38-16-37-22-26(32)35-15-36-27(22)38/h7,15-16,18,20,23-25,29,40-41H,1,5-6,8-14H2,2-4H3,(H,33,39)(H,34,42)(H,47,48)(H,49,50)(H2,32,35,36)(H2,44,45,46)/t18?,20-,23-,24-,25+,29-/m1/s1. The SMILES string of the molecule is C=C(C)C1CC=C(C(=O)SCCNC(=O)CCNC(=O)[C@H](O)C(C)(C)COP(=O)(O)OP(=O)(O)OC[C@H]2O[C@@H](n3cnc4c(N)ncnc43)[C@H](O)[C@@H]2OP(=O)(O)O)CC1. The van der Waals surface area contributed by atoms with Crippen LogP contribution in [0.2, 0.25) is 0 Å². The molecule has 8 atom stereocenters. The number of amides is 2. The smallest absolute Gasteiger partial charge is 0.386 e. The van der Waals surface area contributed by atoms with Gasteiger partial charge in [-0.1, -0.05) is 43.8 Å². The first kappa shape index (κ1) is 48.7. The third-order valence-electron chi connectivity index (χ3n) is 9.10. The number of aromatic nitrogens is 4. The summed E-state index contributed by atoms with van der Waals surface area (Å²) in [4.78, 5) is 88.3. The van der Waals surface area contributed by atoms with Crippen molar-refractivity contribution >= 4 is 69.1 Å². The second kappa shape index (κ2) is 20.3. The van der Waals surface area contributed by atoms with Crippen molar-refractivity contribution in [2.45, 2.75) is 77.1 Å². The molecule has 4 rings (SSSR count). The molecule has 3 unspecified atom stereocenters. The zero-order chi connectivity index (χ0) is 43.9. The number of carbonyl (C=O) groups excluding carboxylic acids is 3. The molecule has 1 aliphatic carbocycles. The minimum absolute atomic E-state index is 0.0303. The summed E-state index contributed by atoms with van der Waals surface area (Å²) in [5, 5.41) is 26.4. The molecular weight excluding hydrogens is 867 g/mol. The lowest BCUT2D eigenvalue weighted by molar-refractivity contribution is -0.137. The van der Waals surface area contributed by atoms with E-state index in [0.29, 0.717) is 18.1 Å². The first-order valence-electron chi connectivity index (χ1n) is 17.8. The summed E-state index contributed by atoms with van der Waals surface area (Å²) in [6, 6.07) is 0. The van der Waals surface area contributed by atoms with Crippen molar-refractivity contribution in [3.8, 4) is 0 Å². The molecule has 2 aromatic heterocycles. The summed E-state index contributed by atoms with van der Waals surface area (Å²) in [7, 11) is -16.4. The molecule has 59 heavy (non-hydrogen) atoms. The van der Waals surface area contributed by atoms with E-state index < -0.39 is 84.6 Å². The van der Waals surface area contributed by atoms with Gasteiger partial charge < -0.3 is 50.9 Å². The molecule has 0 saturated carbocycles. The largest absolute Gasteiger partial charge is 0.481 e. The zero-order valence-corrected chi connectivity index (χ0v) is 35.6. The van der Waals surface area contributed by atoms with Crippen molar-refractivity contribution < 1.29 is 80.5 Å². The van der Waals surface area contributed by atoms with Gasteiger partial charge in [-0.05, 0) is 32.1 Å². The number of fused-ring (bicyclic) bond motifs is 1. The molecule has 3 heterocycles. The Labute approximate surface area is 341 Å². The van der Waals surface area contributed by atoms with E-state index in [1.54, 1.807) is 0 Å². The fraction of sp³-hybridized carbons (Fsp3) is 0.613. The Morgan fingerprint density at radius 3 is 2.44 bits per heavy atom. The number of aliphatic hydroxyl groups is 2. The number of phosphoric ester groups is 3. The first-order chi connectivity index (χ1) is 27.4. The average Bonchev–Trinajstić information content (AvgIpc) is 3.71. The van der Waals surface area contributed by atoms with Crippen LogP contribution in [0, 0.1) is 11.3 Å². The number of ether oxygens (including phenoxy) is 1. The minimum Gasteiger partial charge on any atom is -0.386 e. The normalized spacial score (nSPS) is 23.8. The van der Waals surface area contributed by atoms with Gasteiger partial charge in [-0.15, -0.1) is 0 Å². The monoisotopic (exact) mass is 915 g/mol. The van der Waals surface area contributed by atoms with E-state index in [9.17, 15) is 57.9 Å². The molecule has 330 valence electrons. The number of carbonyl (C=O) groups is 3. The fourth-order valence-electron chi connectivity index (χ4n) is 5.83. The van der Waals surface area contributed by atoms with E-state index in [1.165, 1.54) is 13.8 Å². The van der Waals surface area contributed by atoms with Gasteiger partial charge in [-0.3, -0.25) is 32.5 Å². The lowest BCUT2D eigenvalue weighted by Crippen LogP contribution is -2.46. The number of phosphoric acid groups is 3. The van der Waals surface area contributed by atoms with Crippen LogP contribution in [0.4, 0.5) is 5.82 Å². The fourth-order valence-corrected chi connectivity index (χ4v) is 9.42. The lowest BCUT2D eigenvalue weighted by Gasteiger charge is -2.30. The summed E-state index contributed by atoms with van der Waals surface area (Å²) in [5.41, 5.74) is 6.11. The van der Waals surface area contributed by atoms with Gasteiger partial charge in [0, 0.05) is 36.3 Å². The summed E-state index contributed by atoms with van der Waals surface area (Å²) < 4.78 is 62.2. The highest BCUT2D eigenvalue weighted by Crippen LogP contribution is 2.61. The van der Waals surface area contributed by atoms with E-state index >= 15 is 0 Å². The molecule has 2 aliphatic rings. The number of anilines is 1. The number of thioether (sulfide) groups is 1. The Balaban J connectivity index is 1.21. The Morgan fingerprint density at radius 2 is 1.80 bits per heavy atom. The predicted molar refractivity (Wildman–Crippen MR) is 207 cm³/mol. The highest BCUT2D eigenvalue weighted by molar-refractivity contribution is 8.14. The van der Waals surface area contributed by atoms with Crippen LogP contribution in [0.1, 0.15) is 52.7 Å². The molecule has 2 aromatic rings. The zero-order valence-electron chi connectivity index (χ0n) is 32.1. The molecule has 1 saturated heterocycles. The molecule has 10 N–H and O–H groups in total. The van der Waals surface area contributed by atoms with Gasteiger partial charge in [0.25, 0.3) is 0 Å². The van der Waals surface area contributed by atoms with Crippen molar-refractivity contribution in [2.24, 2.45) is 11.3 Å². The lowest BCUT2D eigenvalue weighted by atomic mass is 9.86. The van der Waals surface area contributed by atoms with E-state index in [2.05, 4.69) is 41.0 Å². The summed E-state index contributed by atoms with van der Waals surface area (Å²) in [6.45, 7) is 6.43. The van der Waals surface area contributed by atoms with Crippen molar-refractivity contribution in [3.63, 3.8) is 0 Å². The number of hydrogen-bond acceptors (Lipinski definition) is 18. The molecule has 0 bridgehead atoms. The maximum absolute atomic E-state index is 12.7. The van der Waals surface area contributed by atoms with Crippen molar-refractivity contribution in [1.29, 1.82) is 0 Å². The Morgan fingerprint density at radius 1 is 1.10 bits per heavy atom. The van der Waals surface area contributed by atoms with Crippen molar-refractivity contribution in [1.82, 2.24) is 30.2 Å². The molecule has 0 radical (unpaired) electrons. The van der Waals surface area contributed by atoms with Crippen molar-refractivity contribution in [3.05, 3.63) is 36.5 Å². The average molecular weight is 916 g/mol. The summed E-state index contributed by atoms with van der Waals surface area (Å²) in [6.07, 6.45) is -2.67. The molecule has 1 fully saturated rings. The van der Waals surface area contributed by atoms with Crippen LogP contribution >= 0.6 is 35.2 Å². The van der Waals surface area contributed by atoms with Crippen LogP contribution in [-0.2, 0) is 50.7 Å². The maximum atomic E-state index is 12.7. The van der Waals surface area contributed by atoms with Gasteiger partial charge in [0.2, 0.25) is 16.9 Å². The van der Waals surface area contributed by atoms with Crippen LogP contribution < -0.4 is 16.4 Å². The van der Waals surface area contributed by atoms with Crippen LogP contribution in [-0.4, -0.2) is 123 Å². The van der Waals surface area contributed by atoms with Crippen LogP contribution in [0.3, 0.4) is 0 Å². The predicted octanol–water partition coefficient (Wildman–Crippen LogP) is 0.967. The second-order valence-corrected chi connectivity index (χ2v) is 19.6. The highest BCUT2D eigenvalue weighted by Gasteiger charge is 2.50. The Hall–Kier alpha value is -2.96. The van der Waals surface area contributed by atoms with E-state index in [0.717, 1.165) is 53.0 Å². The molecule has 24 nitrogen and oxygen atoms in total. The number of imidazole rings is 1. The van der Waals surface area contributed by atoms with Gasteiger partial charge >= 0.3 is 23.5 Å². The summed E-state index contributed by atoms with van der Waals surface area (Å²) >= 11 is 1.10. The number of allylic oxidation sites excluding steroid dienone is 2. The third-order valence-corrected chi connectivity index (χ3v) is 13.1. The molecule has 28 heteroatoms. The third kappa shape index (κ3) is 14.0. The maximum Gasteiger partial charge on any atom is 0.481 e. The highest BCUT2D eigenvalue weighted by atomic mass is 32.2. The molecule has 0 aromatic carbocycles. The van der Waals surface area contributed by atoms with Gasteiger partial charge in [0.1, 0.15) is 36.3 Å². The van der Waals surface area contributed by atoms with Crippen molar-refractivity contribution in [2.75, 3.05) is 37.8 Å². The summed E-state index contributed by atoms with van der Waals surface area (Å²) in [5.74, 6) is -0.735. The van der Waals surface area contributed by atoms with E-state index in [4.69, 9.17) is 19.5 Å². The van der Waals surface area contributed by atoms with Gasteiger partial charge in [0.05, 0.1) is 19.5 Å². The van der Waals surface area contributed by atoms with Gasteiger partial charge in [-0.2, -0.15) is 4.31 Å². The number of nitrogen functional groups attached to an aromatic ring is 1. The second-order valence-electron chi connectivity index (χ2n) is 14.3. The molecule has 0 spiro atoms. The van der Waals surface area contributed by atoms with Gasteiger partial charge in [-0.25, -0.2) is 28.6 Å². The number of rotatable bonds is 21. The Kier molecular flexibility index (Phi) is 16.7. The van der Waals surface area contributed by atoms with Crippen LogP contribution in [0.15, 0.2) is 36.5 Å². The molecule has 1 aliphatic heterocycles. The minimum atomic E-state index is -5.57. The van der Waals surface area contributed by atoms with E-state index in [-0.39, 0.29) is 41.6 Å². The molecule has 2 amide bonds. The topological polar surface area (TPSA) is 364 Å². The number of nitrogens with two attached hydrogens (primary N) is 1. The number of nitrogens with zero attached hydrogens (tertiary/aromatic N) is 4. The number of hydrogen-bond donors (Lipinski definition) is 9. The first-order valence-corrected chi connectivity index (χ1v) is 23.3. The Bertz CT molecular complexity index is 2050. The quantitative estimate of drug-likeness (QED) is 0.0478. The van der Waals surface area contributed by atoms with E-state index in [1.807, 2.05) is 13.0 Å². The van der Waals surface area contributed by atoms with Gasteiger partial charge in [0.15, 0.2) is 17.7 Å². The van der Waals surface area contributed by atoms with Crippen LogP contribution in [0.25, 0.3) is 11.2 Å². The molecular formula is C31H48N7O17P3S. The van der Waals surface area contributed by atoms with Crippen LogP contribution in [0.5, 0.6) is 0 Å².